The molecule has 3 nitrogen and oxygen atoms in total. The van der Waals surface area contributed by atoms with Crippen molar-refractivity contribution in [2.24, 2.45) is 0 Å². The van der Waals surface area contributed by atoms with E-state index in [0.717, 1.165) is 41.1 Å². The lowest BCUT2D eigenvalue weighted by atomic mass is 10.1. The van der Waals surface area contributed by atoms with Crippen molar-refractivity contribution in [3.05, 3.63) is 23.3 Å². The quantitative estimate of drug-likeness (QED) is 0.793. The first-order valence-electron chi connectivity index (χ1n) is 5.87. The van der Waals surface area contributed by atoms with Gasteiger partial charge in [-0.15, -0.1) is 11.8 Å². The molecule has 0 spiro atoms. The van der Waals surface area contributed by atoms with E-state index in [1.807, 2.05) is 26.0 Å². The van der Waals surface area contributed by atoms with Crippen LogP contribution in [-0.4, -0.2) is 16.9 Å². The molecule has 1 amide bonds. The van der Waals surface area contributed by atoms with Crippen LogP contribution in [0.25, 0.3) is 0 Å². The van der Waals surface area contributed by atoms with Gasteiger partial charge in [0.05, 0.1) is 5.25 Å². The Morgan fingerprint density at radius 3 is 2.82 bits per heavy atom. The normalized spacial score (nSPS) is 19.3. The highest BCUT2D eigenvalue weighted by Gasteiger charge is 2.23. The van der Waals surface area contributed by atoms with Crippen molar-refractivity contribution >= 4 is 29.0 Å². The molecule has 1 heterocycles. The number of thioether (sulfide) groups is 1. The Hall–Kier alpha value is -1.16. The summed E-state index contributed by atoms with van der Waals surface area (Å²) in [5.41, 5.74) is 9.51. The average Bonchev–Trinajstić information content (AvgIpc) is 2.79. The van der Waals surface area contributed by atoms with Gasteiger partial charge in [0.2, 0.25) is 5.91 Å². The Labute approximate surface area is 106 Å². The number of carbonyl (C=O) groups is 1. The Balaban J connectivity index is 2.12. The molecule has 1 saturated heterocycles. The molecule has 3 N–H and O–H groups in total. The molecule has 1 aromatic carbocycles. The summed E-state index contributed by atoms with van der Waals surface area (Å²) in [7, 11) is 0. The van der Waals surface area contributed by atoms with E-state index in [1.54, 1.807) is 11.8 Å². The van der Waals surface area contributed by atoms with Crippen LogP contribution in [0, 0.1) is 13.8 Å². The number of hydrogen-bond donors (Lipinski definition) is 2. The van der Waals surface area contributed by atoms with Gasteiger partial charge in [-0.1, -0.05) is 0 Å². The molecule has 2 rings (SSSR count). The molecule has 0 bridgehead atoms. The number of carbonyl (C=O) groups excluding carboxylic acids is 1. The minimum Gasteiger partial charge on any atom is -0.399 e. The minimum atomic E-state index is 0.118. The van der Waals surface area contributed by atoms with Crippen molar-refractivity contribution < 1.29 is 4.79 Å². The van der Waals surface area contributed by atoms with Crippen molar-refractivity contribution in [2.45, 2.75) is 31.9 Å². The molecule has 4 heteroatoms. The zero-order chi connectivity index (χ0) is 12.4. The SMILES string of the molecule is Cc1cc(NC(=O)C2CCCS2)c(C)cc1N. The van der Waals surface area contributed by atoms with Crippen LogP contribution in [0.5, 0.6) is 0 Å². The molecule has 1 aliphatic rings. The van der Waals surface area contributed by atoms with Crippen LogP contribution >= 0.6 is 11.8 Å². The molecule has 17 heavy (non-hydrogen) atoms. The summed E-state index contributed by atoms with van der Waals surface area (Å²) >= 11 is 1.75. The number of anilines is 2. The van der Waals surface area contributed by atoms with Gasteiger partial charge < -0.3 is 11.1 Å². The maximum atomic E-state index is 12.0. The Morgan fingerprint density at radius 1 is 1.41 bits per heavy atom. The first-order valence-corrected chi connectivity index (χ1v) is 6.92. The van der Waals surface area contributed by atoms with E-state index in [9.17, 15) is 4.79 Å². The average molecular weight is 250 g/mol. The number of nitrogen functional groups attached to an aromatic ring is 1. The molecule has 92 valence electrons. The molecule has 0 radical (unpaired) electrons. The van der Waals surface area contributed by atoms with Crippen molar-refractivity contribution in [3.8, 4) is 0 Å². The first kappa shape index (κ1) is 12.3. The number of nitrogens with one attached hydrogen (secondary N) is 1. The van der Waals surface area contributed by atoms with E-state index in [4.69, 9.17) is 5.73 Å². The predicted octanol–water partition coefficient (Wildman–Crippen LogP) is 2.72. The third-order valence-corrected chi connectivity index (χ3v) is 4.47. The zero-order valence-corrected chi connectivity index (χ0v) is 11.1. The van der Waals surface area contributed by atoms with Crippen LogP contribution in [-0.2, 0) is 4.79 Å². The predicted molar refractivity (Wildman–Crippen MR) is 74.4 cm³/mol. The molecule has 1 atom stereocenters. The first-order chi connectivity index (χ1) is 8.08. The number of hydrogen-bond acceptors (Lipinski definition) is 3. The number of benzene rings is 1. The van der Waals surface area contributed by atoms with Crippen molar-refractivity contribution in [1.82, 2.24) is 0 Å². The van der Waals surface area contributed by atoms with Gasteiger partial charge in [0.15, 0.2) is 0 Å². The third kappa shape index (κ3) is 2.75. The van der Waals surface area contributed by atoms with Crippen LogP contribution in [0.3, 0.4) is 0 Å². The standard InChI is InChI=1S/C13H18N2OS/c1-8-7-11(9(2)6-10(8)14)15-13(16)12-4-3-5-17-12/h6-7,12H,3-5,14H2,1-2H3,(H,15,16). The summed E-state index contributed by atoms with van der Waals surface area (Å²) in [4.78, 5) is 12.0. The van der Waals surface area contributed by atoms with Crippen molar-refractivity contribution in [3.63, 3.8) is 0 Å². The fraction of sp³-hybridized carbons (Fsp3) is 0.462. The van der Waals surface area contributed by atoms with E-state index < -0.39 is 0 Å². The molecule has 0 aliphatic carbocycles. The van der Waals surface area contributed by atoms with E-state index in [1.165, 1.54) is 0 Å². The maximum absolute atomic E-state index is 12.0. The second kappa shape index (κ2) is 5.00. The number of rotatable bonds is 2. The molecular formula is C13H18N2OS. The lowest BCUT2D eigenvalue weighted by Gasteiger charge is -2.13. The molecule has 1 aliphatic heterocycles. The number of amides is 1. The fourth-order valence-corrected chi connectivity index (χ4v) is 3.13. The Kier molecular flexibility index (Phi) is 3.62. The van der Waals surface area contributed by atoms with Crippen LogP contribution in [0.4, 0.5) is 11.4 Å². The van der Waals surface area contributed by atoms with Gasteiger partial charge in [-0.2, -0.15) is 0 Å². The topological polar surface area (TPSA) is 55.1 Å². The highest BCUT2D eigenvalue weighted by molar-refractivity contribution is 8.00. The summed E-state index contributed by atoms with van der Waals surface area (Å²) < 4.78 is 0. The van der Waals surface area contributed by atoms with E-state index >= 15 is 0 Å². The van der Waals surface area contributed by atoms with E-state index in [-0.39, 0.29) is 11.2 Å². The molecular weight excluding hydrogens is 232 g/mol. The molecule has 0 aromatic heterocycles. The summed E-state index contributed by atoms with van der Waals surface area (Å²) in [6.45, 7) is 3.92. The summed E-state index contributed by atoms with van der Waals surface area (Å²) in [6, 6.07) is 3.86. The lowest BCUT2D eigenvalue weighted by Crippen LogP contribution is -2.23. The van der Waals surface area contributed by atoms with E-state index in [2.05, 4.69) is 5.32 Å². The second-order valence-corrected chi connectivity index (χ2v) is 5.83. The highest BCUT2D eigenvalue weighted by atomic mass is 32.2. The largest absolute Gasteiger partial charge is 0.399 e. The monoisotopic (exact) mass is 250 g/mol. The van der Waals surface area contributed by atoms with Crippen LogP contribution in [0.15, 0.2) is 12.1 Å². The van der Waals surface area contributed by atoms with E-state index in [0.29, 0.717) is 0 Å². The van der Waals surface area contributed by atoms with Gasteiger partial charge in [-0.05, 0) is 55.7 Å². The lowest BCUT2D eigenvalue weighted by molar-refractivity contribution is -0.115. The fourth-order valence-electron chi connectivity index (χ4n) is 1.97. The third-order valence-electron chi connectivity index (χ3n) is 3.09. The second-order valence-electron chi connectivity index (χ2n) is 4.51. The molecule has 1 fully saturated rings. The maximum Gasteiger partial charge on any atom is 0.237 e. The van der Waals surface area contributed by atoms with Crippen molar-refractivity contribution in [1.29, 1.82) is 0 Å². The van der Waals surface area contributed by atoms with Gasteiger partial charge in [-0.25, -0.2) is 0 Å². The van der Waals surface area contributed by atoms with Crippen LogP contribution < -0.4 is 11.1 Å². The van der Waals surface area contributed by atoms with Gasteiger partial charge in [0.1, 0.15) is 0 Å². The number of aryl methyl sites for hydroxylation is 2. The zero-order valence-electron chi connectivity index (χ0n) is 10.2. The minimum absolute atomic E-state index is 0.118. The van der Waals surface area contributed by atoms with Gasteiger partial charge >= 0.3 is 0 Å². The van der Waals surface area contributed by atoms with Crippen LogP contribution in [0.1, 0.15) is 24.0 Å². The number of nitrogens with two attached hydrogens (primary N) is 1. The summed E-state index contributed by atoms with van der Waals surface area (Å²) in [6.07, 6.45) is 2.13. The van der Waals surface area contributed by atoms with Crippen LogP contribution in [0.2, 0.25) is 0 Å². The molecule has 1 unspecified atom stereocenters. The highest BCUT2D eigenvalue weighted by Crippen LogP contribution is 2.28. The Morgan fingerprint density at radius 2 is 2.18 bits per heavy atom. The van der Waals surface area contributed by atoms with Gasteiger partial charge in [0, 0.05) is 11.4 Å². The summed E-state index contributed by atoms with van der Waals surface area (Å²) in [5, 5.41) is 3.12. The summed E-state index contributed by atoms with van der Waals surface area (Å²) in [5.74, 6) is 1.22. The smallest absolute Gasteiger partial charge is 0.237 e. The Bertz CT molecular complexity index is 439. The molecule has 0 saturated carbocycles. The molecule has 1 aromatic rings. The van der Waals surface area contributed by atoms with Crippen molar-refractivity contribution in [2.75, 3.05) is 16.8 Å². The van der Waals surface area contributed by atoms with Gasteiger partial charge in [-0.3, -0.25) is 4.79 Å². The van der Waals surface area contributed by atoms with Gasteiger partial charge in [0.25, 0.3) is 0 Å².